The van der Waals surface area contributed by atoms with Gasteiger partial charge in [-0.3, -0.25) is 9.36 Å². The van der Waals surface area contributed by atoms with Crippen molar-refractivity contribution in [2.45, 2.75) is 38.9 Å². The molecule has 3 aromatic rings. The number of nitrogens with one attached hydrogen (secondary N) is 1. The maximum Gasteiger partial charge on any atom is 0.234 e. The second-order valence-corrected chi connectivity index (χ2v) is 7.90. The van der Waals surface area contributed by atoms with Crippen LogP contribution in [-0.2, 0) is 4.79 Å². The van der Waals surface area contributed by atoms with E-state index < -0.39 is 5.82 Å². The number of aromatic nitrogens is 3. The largest absolute Gasteiger partial charge is 0.323 e. The molecule has 1 amide bonds. The van der Waals surface area contributed by atoms with Gasteiger partial charge in [-0.05, 0) is 51.5 Å². The second kappa shape index (κ2) is 8.56. The monoisotopic (exact) mass is 398 g/mol. The molecule has 146 valence electrons. The van der Waals surface area contributed by atoms with Gasteiger partial charge in [-0.2, -0.15) is 0 Å². The van der Waals surface area contributed by atoms with Crippen molar-refractivity contribution in [3.63, 3.8) is 0 Å². The molecule has 0 fully saturated rings. The first-order valence-corrected chi connectivity index (χ1v) is 10.0. The van der Waals surface area contributed by atoms with Gasteiger partial charge in [-0.15, -0.1) is 10.2 Å². The Labute approximate surface area is 168 Å². The quantitative estimate of drug-likeness (QED) is 0.593. The molecule has 1 heterocycles. The van der Waals surface area contributed by atoms with Crippen molar-refractivity contribution in [2.24, 2.45) is 0 Å². The van der Waals surface area contributed by atoms with Gasteiger partial charge in [0, 0.05) is 11.6 Å². The van der Waals surface area contributed by atoms with Crippen molar-refractivity contribution in [1.82, 2.24) is 14.8 Å². The molecule has 28 heavy (non-hydrogen) atoms. The Morgan fingerprint density at radius 3 is 2.57 bits per heavy atom. The lowest BCUT2D eigenvalue weighted by atomic mass is 10.1. The zero-order chi connectivity index (χ0) is 20.3. The highest BCUT2D eigenvalue weighted by Crippen LogP contribution is 2.28. The predicted octanol–water partition coefficient (Wildman–Crippen LogP) is 5.01. The van der Waals surface area contributed by atoms with Crippen LogP contribution in [0, 0.1) is 19.7 Å². The highest BCUT2D eigenvalue weighted by molar-refractivity contribution is 7.99. The zero-order valence-corrected chi connectivity index (χ0v) is 17.2. The molecule has 0 bridgehead atoms. The third kappa shape index (κ3) is 4.59. The Bertz CT molecular complexity index is 1000. The van der Waals surface area contributed by atoms with Crippen LogP contribution in [-0.4, -0.2) is 26.4 Å². The standard InChI is InChI=1S/C21H23FN4OS/c1-13(2)26-20(16-7-5-6-14(3)10-16)24-25-21(26)28-12-19(27)23-18-9-8-15(4)11-17(18)22/h5-11,13H,12H2,1-4H3,(H,23,27). The highest BCUT2D eigenvalue weighted by Gasteiger charge is 2.18. The Hall–Kier alpha value is -2.67. The molecule has 0 aliphatic carbocycles. The highest BCUT2D eigenvalue weighted by atomic mass is 32.2. The predicted molar refractivity (Wildman–Crippen MR) is 111 cm³/mol. The summed E-state index contributed by atoms with van der Waals surface area (Å²) < 4.78 is 15.9. The Balaban J connectivity index is 1.74. The minimum atomic E-state index is -0.439. The molecule has 0 radical (unpaired) electrons. The van der Waals surface area contributed by atoms with Crippen LogP contribution >= 0.6 is 11.8 Å². The first-order chi connectivity index (χ1) is 13.3. The average Bonchev–Trinajstić information content (AvgIpc) is 3.07. The summed E-state index contributed by atoms with van der Waals surface area (Å²) in [4.78, 5) is 12.3. The molecule has 0 spiro atoms. The molecule has 0 unspecified atom stereocenters. The van der Waals surface area contributed by atoms with Crippen molar-refractivity contribution >= 4 is 23.4 Å². The van der Waals surface area contributed by atoms with Crippen molar-refractivity contribution in [3.8, 4) is 11.4 Å². The number of halogens is 1. The van der Waals surface area contributed by atoms with E-state index in [9.17, 15) is 9.18 Å². The number of amides is 1. The summed E-state index contributed by atoms with van der Waals surface area (Å²) in [5, 5.41) is 11.9. The lowest BCUT2D eigenvalue weighted by Gasteiger charge is -2.14. The number of nitrogens with zero attached hydrogens (tertiary/aromatic N) is 3. The Morgan fingerprint density at radius 2 is 1.89 bits per heavy atom. The SMILES string of the molecule is Cc1cccc(-c2nnc(SCC(=O)Nc3ccc(C)cc3F)n2C(C)C)c1. The van der Waals surface area contributed by atoms with Crippen LogP contribution in [0.25, 0.3) is 11.4 Å². The fourth-order valence-corrected chi connectivity index (χ4v) is 3.73. The zero-order valence-electron chi connectivity index (χ0n) is 16.4. The Kier molecular flexibility index (Phi) is 6.14. The van der Waals surface area contributed by atoms with E-state index in [2.05, 4.69) is 35.4 Å². The van der Waals surface area contributed by atoms with Crippen LogP contribution in [0.3, 0.4) is 0 Å². The molecular weight excluding hydrogens is 375 g/mol. The van der Waals surface area contributed by atoms with Gasteiger partial charge in [0.05, 0.1) is 11.4 Å². The molecule has 3 rings (SSSR count). The number of carbonyl (C=O) groups is 1. The van der Waals surface area contributed by atoms with E-state index >= 15 is 0 Å². The van der Waals surface area contributed by atoms with Gasteiger partial charge < -0.3 is 5.32 Å². The van der Waals surface area contributed by atoms with E-state index in [1.54, 1.807) is 19.1 Å². The van der Waals surface area contributed by atoms with E-state index in [0.29, 0.717) is 5.16 Å². The van der Waals surface area contributed by atoms with E-state index in [-0.39, 0.29) is 23.4 Å². The van der Waals surface area contributed by atoms with E-state index in [1.165, 1.54) is 17.8 Å². The molecular formula is C21H23FN4OS. The van der Waals surface area contributed by atoms with Gasteiger partial charge in [-0.25, -0.2) is 4.39 Å². The summed E-state index contributed by atoms with van der Waals surface area (Å²) in [6, 6.07) is 12.9. The lowest BCUT2D eigenvalue weighted by molar-refractivity contribution is -0.113. The smallest absolute Gasteiger partial charge is 0.234 e. The normalized spacial score (nSPS) is 11.1. The summed E-state index contributed by atoms with van der Waals surface area (Å²) in [5.74, 6) is 0.159. The third-order valence-corrected chi connectivity index (χ3v) is 5.13. The van der Waals surface area contributed by atoms with Crippen molar-refractivity contribution < 1.29 is 9.18 Å². The maximum absolute atomic E-state index is 13.9. The van der Waals surface area contributed by atoms with Crippen LogP contribution in [0.5, 0.6) is 0 Å². The van der Waals surface area contributed by atoms with Gasteiger partial charge >= 0.3 is 0 Å². The summed E-state index contributed by atoms with van der Waals surface area (Å²) in [6.45, 7) is 7.93. The topological polar surface area (TPSA) is 59.8 Å². The number of benzene rings is 2. The lowest BCUT2D eigenvalue weighted by Crippen LogP contribution is -2.16. The van der Waals surface area contributed by atoms with Crippen LogP contribution in [0.4, 0.5) is 10.1 Å². The number of thioether (sulfide) groups is 1. The van der Waals surface area contributed by atoms with Crippen molar-refractivity contribution in [3.05, 3.63) is 59.4 Å². The summed E-state index contributed by atoms with van der Waals surface area (Å²) in [7, 11) is 0. The number of carbonyl (C=O) groups excluding carboxylic acids is 1. The Morgan fingerprint density at radius 1 is 1.14 bits per heavy atom. The number of anilines is 1. The average molecular weight is 399 g/mol. The molecule has 0 aliphatic heterocycles. The van der Waals surface area contributed by atoms with Crippen molar-refractivity contribution in [1.29, 1.82) is 0 Å². The molecule has 5 nitrogen and oxygen atoms in total. The van der Waals surface area contributed by atoms with Crippen LogP contribution in [0.15, 0.2) is 47.6 Å². The van der Waals surface area contributed by atoms with Gasteiger partial charge in [-0.1, -0.05) is 41.6 Å². The summed E-state index contributed by atoms with van der Waals surface area (Å²) in [6.07, 6.45) is 0. The molecule has 0 atom stereocenters. The van der Waals surface area contributed by atoms with Crippen LogP contribution < -0.4 is 5.32 Å². The molecule has 1 aromatic heterocycles. The van der Waals surface area contributed by atoms with Crippen molar-refractivity contribution in [2.75, 3.05) is 11.1 Å². The van der Waals surface area contributed by atoms with E-state index in [1.807, 2.05) is 29.7 Å². The molecule has 0 aliphatic rings. The summed E-state index contributed by atoms with van der Waals surface area (Å²) in [5.41, 5.74) is 3.12. The number of aryl methyl sites for hydroxylation is 2. The van der Waals surface area contributed by atoms with Gasteiger partial charge in [0.2, 0.25) is 5.91 Å². The maximum atomic E-state index is 13.9. The molecule has 2 aromatic carbocycles. The van der Waals surface area contributed by atoms with E-state index in [4.69, 9.17) is 0 Å². The fraction of sp³-hybridized carbons (Fsp3) is 0.286. The molecule has 7 heteroatoms. The third-order valence-electron chi connectivity index (χ3n) is 4.19. The van der Waals surface area contributed by atoms with Crippen LogP contribution in [0.2, 0.25) is 0 Å². The van der Waals surface area contributed by atoms with E-state index in [0.717, 1.165) is 22.5 Å². The van der Waals surface area contributed by atoms with Gasteiger partial charge in [0.1, 0.15) is 5.82 Å². The van der Waals surface area contributed by atoms with Crippen LogP contribution in [0.1, 0.15) is 31.0 Å². The van der Waals surface area contributed by atoms with Gasteiger partial charge in [0.15, 0.2) is 11.0 Å². The number of hydrogen-bond acceptors (Lipinski definition) is 4. The second-order valence-electron chi connectivity index (χ2n) is 6.96. The molecule has 0 saturated carbocycles. The van der Waals surface area contributed by atoms with Gasteiger partial charge in [0.25, 0.3) is 0 Å². The first kappa shape index (κ1) is 20.1. The summed E-state index contributed by atoms with van der Waals surface area (Å²) >= 11 is 1.29. The number of rotatable bonds is 6. The molecule has 1 N–H and O–H groups in total. The minimum Gasteiger partial charge on any atom is -0.323 e. The first-order valence-electron chi connectivity index (χ1n) is 9.06. The minimum absolute atomic E-state index is 0.117. The number of hydrogen-bond donors (Lipinski definition) is 1. The fourth-order valence-electron chi connectivity index (χ4n) is 2.86. The molecule has 0 saturated heterocycles.